The predicted molar refractivity (Wildman–Crippen MR) is 90.4 cm³/mol. The van der Waals surface area contributed by atoms with E-state index in [9.17, 15) is 4.79 Å². The van der Waals surface area contributed by atoms with Gasteiger partial charge < -0.3 is 4.74 Å². The Bertz CT molecular complexity index is 628. The van der Waals surface area contributed by atoms with Crippen LogP contribution in [0.25, 0.3) is 10.9 Å². The number of hydrogen-bond donors (Lipinski definition) is 0. The summed E-state index contributed by atoms with van der Waals surface area (Å²) in [7, 11) is 0. The fourth-order valence-electron chi connectivity index (χ4n) is 2.41. The van der Waals surface area contributed by atoms with Crippen LogP contribution in [-0.4, -0.2) is 17.6 Å². The van der Waals surface area contributed by atoms with Crippen LogP contribution in [0.2, 0.25) is 5.15 Å². The van der Waals surface area contributed by atoms with E-state index < -0.39 is 0 Å². The second kappa shape index (κ2) is 8.74. The van der Waals surface area contributed by atoms with Crippen molar-refractivity contribution in [2.45, 2.75) is 45.4 Å². The van der Waals surface area contributed by atoms with Crippen molar-refractivity contribution in [1.82, 2.24) is 4.98 Å². The SMILES string of the molecule is CCCCCCCCOC(=O)c1cccc2ccc(Cl)nc12. The number of unbranched alkanes of at least 4 members (excludes halogenated alkanes) is 5. The lowest BCUT2D eigenvalue weighted by Gasteiger charge is -2.07. The highest BCUT2D eigenvalue weighted by Crippen LogP contribution is 2.20. The molecule has 1 aromatic heterocycles. The molecular formula is C18H22ClNO2. The van der Waals surface area contributed by atoms with E-state index in [2.05, 4.69) is 11.9 Å². The molecule has 4 heteroatoms. The highest BCUT2D eigenvalue weighted by atomic mass is 35.5. The second-order valence-corrected chi connectivity index (χ2v) is 5.80. The number of nitrogens with zero attached hydrogens (tertiary/aromatic N) is 1. The lowest BCUT2D eigenvalue weighted by atomic mass is 10.1. The zero-order chi connectivity index (χ0) is 15.8. The minimum Gasteiger partial charge on any atom is -0.462 e. The van der Waals surface area contributed by atoms with Crippen LogP contribution in [-0.2, 0) is 4.74 Å². The molecule has 0 aliphatic rings. The summed E-state index contributed by atoms with van der Waals surface area (Å²) in [5.41, 5.74) is 1.08. The van der Waals surface area contributed by atoms with Crippen molar-refractivity contribution in [3.63, 3.8) is 0 Å². The fraction of sp³-hybridized carbons (Fsp3) is 0.444. The second-order valence-electron chi connectivity index (χ2n) is 5.41. The lowest BCUT2D eigenvalue weighted by Crippen LogP contribution is -2.07. The van der Waals surface area contributed by atoms with Crippen LogP contribution in [0, 0.1) is 0 Å². The number of aromatic nitrogens is 1. The Hall–Kier alpha value is -1.61. The molecule has 2 rings (SSSR count). The monoisotopic (exact) mass is 319 g/mol. The van der Waals surface area contributed by atoms with Crippen molar-refractivity contribution in [3.8, 4) is 0 Å². The molecule has 22 heavy (non-hydrogen) atoms. The van der Waals surface area contributed by atoms with Crippen LogP contribution in [0.5, 0.6) is 0 Å². The number of fused-ring (bicyclic) bond motifs is 1. The van der Waals surface area contributed by atoms with Gasteiger partial charge in [0, 0.05) is 5.39 Å². The molecule has 1 aromatic carbocycles. The van der Waals surface area contributed by atoms with Crippen molar-refractivity contribution in [1.29, 1.82) is 0 Å². The number of carbonyl (C=O) groups is 1. The topological polar surface area (TPSA) is 39.2 Å². The van der Waals surface area contributed by atoms with E-state index in [0.29, 0.717) is 22.8 Å². The number of carbonyl (C=O) groups excluding carboxylic acids is 1. The number of ether oxygens (including phenoxy) is 1. The Morgan fingerprint density at radius 2 is 1.86 bits per heavy atom. The zero-order valence-electron chi connectivity index (χ0n) is 13.0. The molecule has 0 unspecified atom stereocenters. The van der Waals surface area contributed by atoms with E-state index in [1.165, 1.54) is 25.7 Å². The summed E-state index contributed by atoms with van der Waals surface area (Å²) in [4.78, 5) is 16.4. The number of halogens is 1. The van der Waals surface area contributed by atoms with Gasteiger partial charge in [-0.2, -0.15) is 0 Å². The summed E-state index contributed by atoms with van der Waals surface area (Å²) in [5, 5.41) is 1.27. The maximum Gasteiger partial charge on any atom is 0.340 e. The first kappa shape index (κ1) is 16.8. The van der Waals surface area contributed by atoms with Crippen molar-refractivity contribution >= 4 is 28.5 Å². The molecule has 0 aliphatic carbocycles. The first-order valence-electron chi connectivity index (χ1n) is 7.94. The van der Waals surface area contributed by atoms with E-state index in [1.54, 1.807) is 12.1 Å². The van der Waals surface area contributed by atoms with Crippen molar-refractivity contribution in [2.75, 3.05) is 6.61 Å². The smallest absolute Gasteiger partial charge is 0.340 e. The van der Waals surface area contributed by atoms with Gasteiger partial charge in [-0.15, -0.1) is 0 Å². The van der Waals surface area contributed by atoms with Crippen LogP contribution in [0.1, 0.15) is 55.8 Å². The van der Waals surface area contributed by atoms with Crippen LogP contribution in [0.4, 0.5) is 0 Å². The van der Waals surface area contributed by atoms with Crippen LogP contribution in [0.15, 0.2) is 30.3 Å². The summed E-state index contributed by atoms with van der Waals surface area (Å²) in [6.07, 6.45) is 7.00. The Morgan fingerprint density at radius 1 is 1.09 bits per heavy atom. The van der Waals surface area contributed by atoms with Gasteiger partial charge in [-0.05, 0) is 24.6 Å². The molecule has 118 valence electrons. The quantitative estimate of drug-likeness (QED) is 0.371. The first-order valence-corrected chi connectivity index (χ1v) is 8.32. The van der Waals surface area contributed by atoms with Crippen molar-refractivity contribution in [2.24, 2.45) is 0 Å². The Labute approximate surface area is 136 Å². The van der Waals surface area contributed by atoms with Gasteiger partial charge in [-0.1, -0.05) is 62.8 Å². The summed E-state index contributed by atoms with van der Waals surface area (Å²) in [5.74, 6) is -0.325. The molecule has 0 aliphatic heterocycles. The highest BCUT2D eigenvalue weighted by molar-refractivity contribution is 6.29. The van der Waals surface area contributed by atoms with Gasteiger partial charge in [0.05, 0.1) is 17.7 Å². The molecule has 0 spiro atoms. The van der Waals surface area contributed by atoms with Crippen molar-refractivity contribution in [3.05, 3.63) is 41.0 Å². The standard InChI is InChI=1S/C18H22ClNO2/c1-2-3-4-5-6-7-13-22-18(21)15-10-8-9-14-11-12-16(19)20-17(14)15/h8-12H,2-7,13H2,1H3. The fourth-order valence-corrected chi connectivity index (χ4v) is 2.56. The average molecular weight is 320 g/mol. The number of rotatable bonds is 8. The van der Waals surface area contributed by atoms with Gasteiger partial charge in [0.25, 0.3) is 0 Å². The molecule has 0 bridgehead atoms. The third kappa shape index (κ3) is 4.70. The van der Waals surface area contributed by atoms with Gasteiger partial charge >= 0.3 is 5.97 Å². The summed E-state index contributed by atoms with van der Waals surface area (Å²) in [6, 6.07) is 9.04. The minimum absolute atomic E-state index is 0.325. The molecule has 0 radical (unpaired) electrons. The van der Waals surface area contributed by atoms with E-state index in [0.717, 1.165) is 18.2 Å². The molecule has 0 saturated carbocycles. The minimum atomic E-state index is -0.325. The summed E-state index contributed by atoms with van der Waals surface area (Å²) >= 11 is 5.92. The van der Waals surface area contributed by atoms with Gasteiger partial charge in [0.1, 0.15) is 5.15 Å². The Morgan fingerprint density at radius 3 is 2.68 bits per heavy atom. The molecule has 0 saturated heterocycles. The molecular weight excluding hydrogens is 298 g/mol. The molecule has 0 fully saturated rings. The highest BCUT2D eigenvalue weighted by Gasteiger charge is 2.12. The van der Waals surface area contributed by atoms with E-state index >= 15 is 0 Å². The van der Waals surface area contributed by atoms with Crippen molar-refractivity contribution < 1.29 is 9.53 Å². The predicted octanol–water partition coefficient (Wildman–Crippen LogP) is 5.41. The number of hydrogen-bond acceptors (Lipinski definition) is 3. The number of benzene rings is 1. The molecule has 0 amide bonds. The first-order chi connectivity index (χ1) is 10.7. The molecule has 0 atom stereocenters. The van der Waals surface area contributed by atoms with Gasteiger partial charge in [-0.25, -0.2) is 9.78 Å². The molecule has 2 aromatic rings. The molecule has 1 heterocycles. The lowest BCUT2D eigenvalue weighted by molar-refractivity contribution is 0.0500. The Balaban J connectivity index is 1.89. The Kier molecular flexibility index (Phi) is 6.66. The van der Waals surface area contributed by atoms with E-state index in [1.807, 2.05) is 18.2 Å². The summed E-state index contributed by atoms with van der Waals surface area (Å²) < 4.78 is 5.36. The molecule has 0 N–H and O–H groups in total. The van der Waals surface area contributed by atoms with Gasteiger partial charge in [-0.3, -0.25) is 0 Å². The van der Waals surface area contributed by atoms with Gasteiger partial charge in [0.15, 0.2) is 0 Å². The summed E-state index contributed by atoms with van der Waals surface area (Å²) in [6.45, 7) is 2.66. The van der Waals surface area contributed by atoms with E-state index in [4.69, 9.17) is 16.3 Å². The number of pyridine rings is 1. The van der Waals surface area contributed by atoms with Crippen LogP contribution < -0.4 is 0 Å². The average Bonchev–Trinajstić information content (AvgIpc) is 2.53. The van der Waals surface area contributed by atoms with Crippen LogP contribution in [0.3, 0.4) is 0 Å². The zero-order valence-corrected chi connectivity index (χ0v) is 13.7. The van der Waals surface area contributed by atoms with Gasteiger partial charge in [0.2, 0.25) is 0 Å². The molecule has 3 nitrogen and oxygen atoms in total. The maximum absolute atomic E-state index is 12.2. The number of para-hydroxylation sites is 1. The van der Waals surface area contributed by atoms with E-state index in [-0.39, 0.29) is 5.97 Å². The third-order valence-corrected chi connectivity index (χ3v) is 3.85. The largest absolute Gasteiger partial charge is 0.462 e. The third-order valence-electron chi connectivity index (χ3n) is 3.64. The van der Waals surface area contributed by atoms with Crippen LogP contribution >= 0.6 is 11.6 Å². The normalized spacial score (nSPS) is 10.8. The number of esters is 1. The maximum atomic E-state index is 12.2.